The van der Waals surface area contributed by atoms with Crippen LogP contribution in [0.25, 0.3) is 0 Å². The number of hydrogen-bond donors (Lipinski definition) is 1. The maximum atomic E-state index is 12.3. The highest BCUT2D eigenvalue weighted by molar-refractivity contribution is 7.15. The van der Waals surface area contributed by atoms with E-state index in [0.717, 1.165) is 35.0 Å². The molecule has 1 saturated carbocycles. The molecule has 1 amide bonds. The topological polar surface area (TPSA) is 54.5 Å². The second-order valence-electron chi connectivity index (χ2n) is 7.30. The van der Waals surface area contributed by atoms with Gasteiger partial charge in [-0.15, -0.1) is 11.3 Å². The molecule has 0 bridgehead atoms. The molecule has 138 valence electrons. The first kappa shape index (κ1) is 17.3. The number of carbonyl (C=O) groups is 1. The molecule has 1 fully saturated rings. The number of aromatic nitrogens is 1. The van der Waals surface area contributed by atoms with Crippen LogP contribution in [0.3, 0.4) is 0 Å². The summed E-state index contributed by atoms with van der Waals surface area (Å²) >= 11 is 1.68. The van der Waals surface area contributed by atoms with Crippen LogP contribution in [0, 0.1) is 0 Å². The summed E-state index contributed by atoms with van der Waals surface area (Å²) in [6.07, 6.45) is 5.46. The van der Waals surface area contributed by atoms with Crippen LogP contribution in [0.1, 0.15) is 54.2 Å². The molecule has 0 saturated heterocycles. The van der Waals surface area contributed by atoms with Gasteiger partial charge in [0.1, 0.15) is 5.75 Å². The molecule has 1 aromatic heterocycles. The average molecular weight is 372 g/mol. The molecule has 5 nitrogen and oxygen atoms in total. The van der Waals surface area contributed by atoms with Crippen LogP contribution in [0.15, 0.2) is 24.3 Å². The van der Waals surface area contributed by atoms with Gasteiger partial charge in [-0.1, -0.05) is 18.2 Å². The van der Waals surface area contributed by atoms with Crippen molar-refractivity contribution in [2.45, 2.75) is 50.7 Å². The molecule has 1 aliphatic heterocycles. The summed E-state index contributed by atoms with van der Waals surface area (Å²) in [7, 11) is 4.01. The number of amides is 1. The summed E-state index contributed by atoms with van der Waals surface area (Å²) in [5.41, 5.74) is 2.08. The van der Waals surface area contributed by atoms with Gasteiger partial charge in [-0.2, -0.15) is 0 Å². The van der Waals surface area contributed by atoms with E-state index >= 15 is 0 Å². The summed E-state index contributed by atoms with van der Waals surface area (Å²) in [5, 5.41) is 3.97. The minimum atomic E-state index is -0.00342. The highest BCUT2D eigenvalue weighted by atomic mass is 32.1. The number of thiazole rings is 1. The Kier molecular flexibility index (Phi) is 4.85. The molecule has 4 rings (SSSR count). The predicted octanol–water partition coefficient (Wildman–Crippen LogP) is 3.68. The van der Waals surface area contributed by atoms with Crippen molar-refractivity contribution in [3.63, 3.8) is 0 Å². The van der Waals surface area contributed by atoms with Crippen molar-refractivity contribution in [2.24, 2.45) is 0 Å². The van der Waals surface area contributed by atoms with Gasteiger partial charge in [0.25, 0.3) is 0 Å². The largest absolute Gasteiger partial charge is 0.490 e. The summed E-state index contributed by atoms with van der Waals surface area (Å²) in [5.74, 6) is 0.989. The molecule has 26 heavy (non-hydrogen) atoms. The molecule has 2 aliphatic rings. The smallest absolute Gasteiger partial charge is 0.221 e. The Bertz CT molecular complexity index is 796. The van der Waals surface area contributed by atoms with Gasteiger partial charge in [-0.25, -0.2) is 4.98 Å². The summed E-state index contributed by atoms with van der Waals surface area (Å²) in [4.78, 5) is 20.3. The minimum absolute atomic E-state index is 0.00342. The van der Waals surface area contributed by atoms with Crippen molar-refractivity contribution in [3.8, 4) is 5.75 Å². The second kappa shape index (κ2) is 7.27. The van der Waals surface area contributed by atoms with Crippen molar-refractivity contribution in [1.29, 1.82) is 0 Å². The quantitative estimate of drug-likeness (QED) is 0.891. The molecule has 2 aromatic rings. The van der Waals surface area contributed by atoms with E-state index in [1.165, 1.54) is 17.7 Å². The highest BCUT2D eigenvalue weighted by Gasteiger charge is 2.31. The molecular formula is C20H25N3O2S. The summed E-state index contributed by atoms with van der Waals surface area (Å²) in [6.45, 7) is 0.501. The molecule has 1 aromatic carbocycles. The molecule has 0 spiro atoms. The average Bonchev–Trinajstić information content (AvgIpc) is 3.26. The molecule has 1 atom stereocenters. The Balaban J connectivity index is 1.73. The molecular weight excluding hydrogens is 346 g/mol. The van der Waals surface area contributed by atoms with Gasteiger partial charge >= 0.3 is 0 Å². The van der Waals surface area contributed by atoms with Crippen molar-refractivity contribution in [3.05, 3.63) is 40.4 Å². The fourth-order valence-corrected chi connectivity index (χ4v) is 4.91. The number of carbonyl (C=O) groups excluding carboxylic acids is 1. The Morgan fingerprint density at radius 3 is 2.77 bits per heavy atom. The minimum Gasteiger partial charge on any atom is -0.490 e. The normalized spacial score (nSPS) is 20.4. The standard InChI is InChI=1S/C20H25N3O2S/c1-23(2)20-22-16-12-21-18(24)11-15(19(16)26-20)14-9-5-6-10-17(14)25-13-7-3-4-8-13/h5-6,9-10,13,15H,3-4,7-8,11-12H2,1-2H3,(H,21,24)/t15-/m1/s1. The number of benzene rings is 1. The SMILES string of the molecule is CN(C)c1nc2c(s1)[C@@H](c1ccccc1OC1CCCC1)CC(=O)NC2. The summed E-state index contributed by atoms with van der Waals surface area (Å²) in [6, 6.07) is 8.20. The number of nitrogens with one attached hydrogen (secondary N) is 1. The van der Waals surface area contributed by atoms with Crippen molar-refractivity contribution < 1.29 is 9.53 Å². The van der Waals surface area contributed by atoms with E-state index in [1.807, 2.05) is 37.2 Å². The summed E-state index contributed by atoms with van der Waals surface area (Å²) < 4.78 is 6.35. The third-order valence-electron chi connectivity index (χ3n) is 5.15. The fourth-order valence-electron chi connectivity index (χ4n) is 3.79. The Morgan fingerprint density at radius 2 is 2.00 bits per heavy atom. The number of hydrogen-bond acceptors (Lipinski definition) is 5. The van der Waals surface area contributed by atoms with Gasteiger partial charge in [0, 0.05) is 36.9 Å². The molecule has 2 heterocycles. The number of fused-ring (bicyclic) bond motifs is 1. The van der Waals surface area contributed by atoms with Gasteiger partial charge in [0.2, 0.25) is 5.91 Å². The predicted molar refractivity (Wildman–Crippen MR) is 104 cm³/mol. The van der Waals surface area contributed by atoms with Crippen LogP contribution < -0.4 is 15.0 Å². The Labute approximate surface area is 158 Å². The van der Waals surface area contributed by atoms with Crippen LogP contribution in [0.2, 0.25) is 0 Å². The number of rotatable bonds is 4. The van der Waals surface area contributed by atoms with E-state index in [-0.39, 0.29) is 11.8 Å². The first-order valence-corrected chi connectivity index (χ1v) is 10.1. The molecule has 1 N–H and O–H groups in total. The maximum Gasteiger partial charge on any atom is 0.221 e. The monoisotopic (exact) mass is 371 g/mol. The lowest BCUT2D eigenvalue weighted by atomic mass is 9.92. The van der Waals surface area contributed by atoms with E-state index in [1.54, 1.807) is 11.3 Å². The first-order valence-electron chi connectivity index (χ1n) is 9.31. The van der Waals surface area contributed by atoms with Crippen LogP contribution in [-0.2, 0) is 11.3 Å². The Morgan fingerprint density at radius 1 is 1.23 bits per heavy atom. The van der Waals surface area contributed by atoms with Gasteiger partial charge in [-0.3, -0.25) is 4.79 Å². The lowest BCUT2D eigenvalue weighted by Gasteiger charge is -2.21. The lowest BCUT2D eigenvalue weighted by Crippen LogP contribution is -2.22. The zero-order chi connectivity index (χ0) is 18.1. The fraction of sp³-hybridized carbons (Fsp3) is 0.500. The van der Waals surface area contributed by atoms with Crippen LogP contribution >= 0.6 is 11.3 Å². The van der Waals surface area contributed by atoms with E-state index in [9.17, 15) is 4.79 Å². The van der Waals surface area contributed by atoms with Crippen LogP contribution in [-0.4, -0.2) is 31.1 Å². The lowest BCUT2D eigenvalue weighted by molar-refractivity contribution is -0.121. The van der Waals surface area contributed by atoms with E-state index in [4.69, 9.17) is 9.72 Å². The van der Waals surface area contributed by atoms with Crippen LogP contribution in [0.4, 0.5) is 5.13 Å². The van der Waals surface area contributed by atoms with Crippen molar-refractivity contribution in [1.82, 2.24) is 10.3 Å². The Hall–Kier alpha value is -2.08. The molecule has 6 heteroatoms. The maximum absolute atomic E-state index is 12.3. The number of nitrogens with zero attached hydrogens (tertiary/aromatic N) is 2. The molecule has 0 radical (unpaired) electrons. The third kappa shape index (κ3) is 3.43. The number of ether oxygens (including phenoxy) is 1. The van der Waals surface area contributed by atoms with E-state index < -0.39 is 0 Å². The van der Waals surface area contributed by atoms with Gasteiger partial charge in [0.15, 0.2) is 5.13 Å². The van der Waals surface area contributed by atoms with Crippen LogP contribution in [0.5, 0.6) is 5.75 Å². The van der Waals surface area contributed by atoms with Gasteiger partial charge < -0.3 is 15.0 Å². The van der Waals surface area contributed by atoms with E-state index in [0.29, 0.717) is 19.1 Å². The van der Waals surface area contributed by atoms with Crippen molar-refractivity contribution in [2.75, 3.05) is 19.0 Å². The number of anilines is 1. The first-order chi connectivity index (χ1) is 12.6. The second-order valence-corrected chi connectivity index (χ2v) is 8.31. The zero-order valence-corrected chi connectivity index (χ0v) is 16.1. The highest BCUT2D eigenvalue weighted by Crippen LogP contribution is 2.42. The van der Waals surface area contributed by atoms with E-state index in [2.05, 4.69) is 11.4 Å². The number of para-hydroxylation sites is 1. The zero-order valence-electron chi connectivity index (χ0n) is 15.3. The molecule has 1 aliphatic carbocycles. The third-order valence-corrected chi connectivity index (χ3v) is 6.53. The molecule has 0 unspecified atom stereocenters. The van der Waals surface area contributed by atoms with Gasteiger partial charge in [-0.05, 0) is 31.7 Å². The van der Waals surface area contributed by atoms with Crippen molar-refractivity contribution >= 4 is 22.4 Å². The van der Waals surface area contributed by atoms with Gasteiger partial charge in [0.05, 0.1) is 18.3 Å².